The lowest BCUT2D eigenvalue weighted by Gasteiger charge is -1.85. The van der Waals surface area contributed by atoms with E-state index in [1.807, 2.05) is 0 Å². The Hall–Kier alpha value is 0.440. The van der Waals surface area contributed by atoms with Crippen LogP contribution in [0.25, 0.3) is 0 Å². The number of hydrogen-bond donors (Lipinski definition) is 0. The van der Waals surface area contributed by atoms with E-state index in [0.29, 0.717) is 5.88 Å². The third-order valence-electron chi connectivity index (χ3n) is 0.295. The zero-order valence-corrected chi connectivity index (χ0v) is 5.37. The molecule has 0 aliphatic carbocycles. The average molecular weight is 171 g/mol. The number of carbonyl (C=O) groups is 1. The predicted octanol–water partition coefficient (Wildman–Crippen LogP) is 1.19. The molecule has 0 rings (SSSR count). The van der Waals surface area contributed by atoms with Crippen molar-refractivity contribution in [3.63, 3.8) is 0 Å². The van der Waals surface area contributed by atoms with Gasteiger partial charge in [0.15, 0.2) is 0 Å². The van der Waals surface area contributed by atoms with Gasteiger partial charge in [-0.1, -0.05) is 15.9 Å². The molecule has 0 fully saturated rings. The SMILES string of the molecule is O=CC(Br)CCl. The summed E-state index contributed by atoms with van der Waals surface area (Å²) in [7, 11) is 0. The van der Waals surface area contributed by atoms with Gasteiger partial charge in [0.25, 0.3) is 0 Å². The Morgan fingerprint density at radius 2 is 2.50 bits per heavy atom. The fourth-order valence-corrected chi connectivity index (χ4v) is 0.109. The van der Waals surface area contributed by atoms with E-state index in [9.17, 15) is 4.79 Å². The predicted molar refractivity (Wildman–Crippen MR) is 29.5 cm³/mol. The minimum absolute atomic E-state index is 0.167. The minimum atomic E-state index is -0.167. The van der Waals surface area contributed by atoms with Gasteiger partial charge in [0.2, 0.25) is 0 Å². The number of carbonyl (C=O) groups excluding carboxylic acids is 1. The summed E-state index contributed by atoms with van der Waals surface area (Å²) < 4.78 is 0. The van der Waals surface area contributed by atoms with Crippen molar-refractivity contribution in [2.24, 2.45) is 0 Å². The number of hydrogen-bond acceptors (Lipinski definition) is 1. The molecule has 0 saturated heterocycles. The van der Waals surface area contributed by atoms with Gasteiger partial charge in [0, 0.05) is 5.88 Å². The second kappa shape index (κ2) is 3.62. The second-order valence-electron chi connectivity index (χ2n) is 0.806. The Kier molecular flexibility index (Phi) is 3.89. The van der Waals surface area contributed by atoms with E-state index in [2.05, 4.69) is 15.9 Å². The van der Waals surface area contributed by atoms with Crippen LogP contribution in [0.5, 0.6) is 0 Å². The molecule has 3 heteroatoms. The molecule has 0 bridgehead atoms. The van der Waals surface area contributed by atoms with Crippen LogP contribution in [0.3, 0.4) is 0 Å². The van der Waals surface area contributed by atoms with Gasteiger partial charge in [-0.05, 0) is 0 Å². The molecule has 0 heterocycles. The van der Waals surface area contributed by atoms with Gasteiger partial charge in [0.05, 0.1) is 4.83 Å². The maximum absolute atomic E-state index is 9.60. The summed E-state index contributed by atoms with van der Waals surface area (Å²) >= 11 is 8.15. The highest BCUT2D eigenvalue weighted by molar-refractivity contribution is 9.10. The van der Waals surface area contributed by atoms with Gasteiger partial charge in [-0.3, -0.25) is 0 Å². The summed E-state index contributed by atoms with van der Waals surface area (Å²) in [5.74, 6) is 0.351. The van der Waals surface area contributed by atoms with Crippen LogP contribution in [-0.4, -0.2) is 17.0 Å². The molecule has 0 N–H and O–H groups in total. The Balaban J connectivity index is 2.96. The molecule has 0 spiro atoms. The molecule has 0 aromatic heterocycles. The van der Waals surface area contributed by atoms with Crippen LogP contribution in [0.15, 0.2) is 0 Å². The van der Waals surface area contributed by atoms with Gasteiger partial charge in [-0.2, -0.15) is 0 Å². The Bertz CT molecular complexity index is 48.1. The van der Waals surface area contributed by atoms with E-state index in [4.69, 9.17) is 11.6 Å². The highest BCUT2D eigenvalue weighted by Gasteiger charge is 1.93. The largest absolute Gasteiger partial charge is 0.302 e. The standard InChI is InChI=1S/C3H4BrClO/c4-3(1-5)2-6/h2-3H,1H2. The lowest BCUT2D eigenvalue weighted by molar-refractivity contribution is -0.107. The van der Waals surface area contributed by atoms with E-state index in [1.165, 1.54) is 0 Å². The maximum atomic E-state index is 9.60. The zero-order chi connectivity index (χ0) is 4.99. The molecule has 0 saturated carbocycles. The summed E-state index contributed by atoms with van der Waals surface area (Å²) in [6.07, 6.45) is 0.757. The molecule has 0 aromatic carbocycles. The van der Waals surface area contributed by atoms with Crippen molar-refractivity contribution in [1.29, 1.82) is 0 Å². The molecule has 0 amide bonds. The van der Waals surface area contributed by atoms with E-state index < -0.39 is 0 Å². The molecule has 0 aliphatic rings. The summed E-state index contributed by atoms with van der Waals surface area (Å²) in [4.78, 5) is 9.44. The van der Waals surface area contributed by atoms with E-state index in [1.54, 1.807) is 0 Å². The van der Waals surface area contributed by atoms with Crippen LogP contribution >= 0.6 is 27.5 Å². The highest BCUT2D eigenvalue weighted by atomic mass is 79.9. The first-order valence-corrected chi connectivity index (χ1v) is 2.91. The average Bonchev–Trinajstić information content (AvgIpc) is 1.65. The first-order valence-electron chi connectivity index (χ1n) is 1.46. The van der Waals surface area contributed by atoms with Gasteiger partial charge in [-0.15, -0.1) is 11.6 Å². The summed E-state index contributed by atoms with van der Waals surface area (Å²) in [5, 5.41) is 0. The van der Waals surface area contributed by atoms with Crippen LogP contribution in [0.1, 0.15) is 0 Å². The van der Waals surface area contributed by atoms with Crippen molar-refractivity contribution in [1.82, 2.24) is 0 Å². The molecule has 1 unspecified atom stereocenters. The maximum Gasteiger partial charge on any atom is 0.134 e. The van der Waals surface area contributed by atoms with Crippen molar-refractivity contribution in [3.8, 4) is 0 Å². The van der Waals surface area contributed by atoms with Crippen molar-refractivity contribution in [2.45, 2.75) is 4.83 Å². The lowest BCUT2D eigenvalue weighted by Crippen LogP contribution is -1.98. The summed E-state index contributed by atoms with van der Waals surface area (Å²) in [6, 6.07) is 0. The Labute approximate surface area is 49.8 Å². The van der Waals surface area contributed by atoms with Gasteiger partial charge < -0.3 is 4.79 Å². The molecule has 0 aliphatic heterocycles. The quantitative estimate of drug-likeness (QED) is 0.451. The third kappa shape index (κ3) is 2.67. The molecule has 0 radical (unpaired) electrons. The fraction of sp³-hybridized carbons (Fsp3) is 0.667. The topological polar surface area (TPSA) is 17.1 Å². The molecular formula is C3H4BrClO. The summed E-state index contributed by atoms with van der Waals surface area (Å²) in [5.41, 5.74) is 0. The van der Waals surface area contributed by atoms with Crippen molar-refractivity contribution in [3.05, 3.63) is 0 Å². The van der Waals surface area contributed by atoms with Gasteiger partial charge in [0.1, 0.15) is 6.29 Å². The molecule has 1 nitrogen and oxygen atoms in total. The minimum Gasteiger partial charge on any atom is -0.302 e. The lowest BCUT2D eigenvalue weighted by atomic mass is 10.6. The number of aldehydes is 1. The van der Waals surface area contributed by atoms with Gasteiger partial charge >= 0.3 is 0 Å². The van der Waals surface area contributed by atoms with Crippen LogP contribution in [0.2, 0.25) is 0 Å². The second-order valence-corrected chi connectivity index (χ2v) is 2.29. The number of rotatable bonds is 2. The van der Waals surface area contributed by atoms with Crippen molar-refractivity contribution in [2.75, 3.05) is 5.88 Å². The smallest absolute Gasteiger partial charge is 0.134 e. The first kappa shape index (κ1) is 6.44. The third-order valence-corrected chi connectivity index (χ3v) is 1.54. The zero-order valence-electron chi connectivity index (χ0n) is 3.03. The Morgan fingerprint density at radius 1 is 2.00 bits per heavy atom. The van der Waals surface area contributed by atoms with E-state index >= 15 is 0 Å². The van der Waals surface area contributed by atoms with Crippen molar-refractivity contribution >= 4 is 33.8 Å². The van der Waals surface area contributed by atoms with Crippen LogP contribution in [0.4, 0.5) is 0 Å². The van der Waals surface area contributed by atoms with Crippen LogP contribution < -0.4 is 0 Å². The van der Waals surface area contributed by atoms with Crippen LogP contribution in [-0.2, 0) is 4.79 Å². The molecule has 36 valence electrons. The monoisotopic (exact) mass is 170 g/mol. The van der Waals surface area contributed by atoms with E-state index in [0.717, 1.165) is 6.29 Å². The van der Waals surface area contributed by atoms with Crippen LogP contribution in [0, 0.1) is 0 Å². The van der Waals surface area contributed by atoms with Gasteiger partial charge in [-0.25, -0.2) is 0 Å². The van der Waals surface area contributed by atoms with E-state index in [-0.39, 0.29) is 4.83 Å². The fourth-order valence-electron chi connectivity index (χ4n) is 0.0364. The number of halogens is 2. The molecule has 1 atom stereocenters. The molecule has 6 heavy (non-hydrogen) atoms. The summed E-state index contributed by atoms with van der Waals surface area (Å²) in [6.45, 7) is 0. The molecule has 0 aromatic rings. The normalized spacial score (nSPS) is 13.7. The Morgan fingerprint density at radius 3 is 2.50 bits per heavy atom. The van der Waals surface area contributed by atoms with Crippen molar-refractivity contribution < 1.29 is 4.79 Å². The highest BCUT2D eigenvalue weighted by Crippen LogP contribution is 1.95. The number of alkyl halides is 2. The molecular weight excluding hydrogens is 167 g/mol. The first-order chi connectivity index (χ1) is 2.81.